The zero-order chi connectivity index (χ0) is 19.5. The molecule has 28 heavy (non-hydrogen) atoms. The van der Waals surface area contributed by atoms with Gasteiger partial charge in [0.25, 0.3) is 0 Å². The lowest BCUT2D eigenvalue weighted by molar-refractivity contribution is 0.300. The standard InChI is InChI=1S/C24H23ClN2O/c1-17(2)18-9-13-21(14-10-18)28-16-15-27-23-6-4-3-5-22(23)26-24(27)19-7-11-20(25)12-8-19/h3-14,17H,15-16H2,1-2H3. The Kier molecular flexibility index (Phi) is 5.36. The molecule has 0 bridgehead atoms. The van der Waals surface area contributed by atoms with Gasteiger partial charge in [0.15, 0.2) is 0 Å². The van der Waals surface area contributed by atoms with Crippen LogP contribution in [0.3, 0.4) is 0 Å². The molecule has 0 aliphatic heterocycles. The van der Waals surface area contributed by atoms with Gasteiger partial charge in [-0.25, -0.2) is 4.98 Å². The van der Waals surface area contributed by atoms with Gasteiger partial charge in [-0.3, -0.25) is 0 Å². The van der Waals surface area contributed by atoms with E-state index in [4.69, 9.17) is 21.3 Å². The second kappa shape index (κ2) is 8.07. The van der Waals surface area contributed by atoms with Crippen molar-refractivity contribution in [2.75, 3.05) is 6.61 Å². The van der Waals surface area contributed by atoms with Crippen LogP contribution in [0.15, 0.2) is 72.8 Å². The Morgan fingerprint density at radius 3 is 2.36 bits per heavy atom. The predicted molar refractivity (Wildman–Crippen MR) is 116 cm³/mol. The predicted octanol–water partition coefficient (Wildman–Crippen LogP) is 6.56. The summed E-state index contributed by atoms with van der Waals surface area (Å²) in [6, 6.07) is 24.3. The molecule has 3 aromatic carbocycles. The van der Waals surface area contributed by atoms with Gasteiger partial charge >= 0.3 is 0 Å². The number of benzene rings is 3. The van der Waals surface area contributed by atoms with E-state index in [0.29, 0.717) is 19.1 Å². The summed E-state index contributed by atoms with van der Waals surface area (Å²) < 4.78 is 8.21. The molecule has 0 saturated heterocycles. The molecule has 4 aromatic rings. The minimum atomic E-state index is 0.522. The van der Waals surface area contributed by atoms with Crippen molar-refractivity contribution in [1.29, 1.82) is 0 Å². The summed E-state index contributed by atoms with van der Waals surface area (Å²) in [5.41, 5.74) is 4.44. The molecular formula is C24H23ClN2O. The molecule has 4 heteroatoms. The number of hydrogen-bond acceptors (Lipinski definition) is 2. The van der Waals surface area contributed by atoms with E-state index < -0.39 is 0 Å². The number of nitrogens with zero attached hydrogens (tertiary/aromatic N) is 2. The molecule has 0 N–H and O–H groups in total. The van der Waals surface area contributed by atoms with Crippen molar-refractivity contribution >= 4 is 22.6 Å². The first-order valence-electron chi connectivity index (χ1n) is 9.56. The van der Waals surface area contributed by atoms with Crippen molar-refractivity contribution in [2.45, 2.75) is 26.3 Å². The van der Waals surface area contributed by atoms with Crippen molar-refractivity contribution in [3.8, 4) is 17.1 Å². The van der Waals surface area contributed by atoms with Gasteiger partial charge in [0.05, 0.1) is 17.6 Å². The zero-order valence-electron chi connectivity index (χ0n) is 16.1. The van der Waals surface area contributed by atoms with E-state index in [1.807, 2.05) is 54.6 Å². The van der Waals surface area contributed by atoms with Crippen LogP contribution in [0.4, 0.5) is 0 Å². The highest BCUT2D eigenvalue weighted by Gasteiger charge is 2.12. The average molecular weight is 391 g/mol. The molecule has 0 spiro atoms. The third-order valence-electron chi connectivity index (χ3n) is 4.89. The second-order valence-corrected chi connectivity index (χ2v) is 7.59. The minimum Gasteiger partial charge on any atom is -0.492 e. The van der Waals surface area contributed by atoms with Gasteiger partial charge in [-0.1, -0.05) is 49.7 Å². The Morgan fingerprint density at radius 1 is 0.929 bits per heavy atom. The Bertz CT molecular complexity index is 1070. The number of rotatable bonds is 6. The largest absolute Gasteiger partial charge is 0.492 e. The maximum Gasteiger partial charge on any atom is 0.141 e. The van der Waals surface area contributed by atoms with Gasteiger partial charge in [0, 0.05) is 10.6 Å². The van der Waals surface area contributed by atoms with E-state index in [0.717, 1.165) is 33.2 Å². The van der Waals surface area contributed by atoms with E-state index in [1.165, 1.54) is 5.56 Å². The van der Waals surface area contributed by atoms with E-state index in [1.54, 1.807) is 0 Å². The highest BCUT2D eigenvalue weighted by atomic mass is 35.5. The molecular weight excluding hydrogens is 368 g/mol. The third kappa shape index (κ3) is 3.90. The average Bonchev–Trinajstić information content (AvgIpc) is 3.08. The van der Waals surface area contributed by atoms with Crippen LogP contribution in [0.1, 0.15) is 25.3 Å². The lowest BCUT2D eigenvalue weighted by Crippen LogP contribution is -2.09. The van der Waals surface area contributed by atoms with E-state index in [2.05, 4.69) is 36.6 Å². The summed E-state index contributed by atoms with van der Waals surface area (Å²) in [6.45, 7) is 5.67. The monoisotopic (exact) mass is 390 g/mol. The number of para-hydroxylation sites is 2. The quantitative estimate of drug-likeness (QED) is 0.372. The fourth-order valence-corrected chi connectivity index (χ4v) is 3.45. The van der Waals surface area contributed by atoms with Crippen LogP contribution in [-0.2, 0) is 6.54 Å². The maximum atomic E-state index is 6.05. The van der Waals surface area contributed by atoms with E-state index in [-0.39, 0.29) is 0 Å². The van der Waals surface area contributed by atoms with Crippen molar-refractivity contribution in [3.63, 3.8) is 0 Å². The molecule has 0 amide bonds. The van der Waals surface area contributed by atoms with E-state index in [9.17, 15) is 0 Å². The SMILES string of the molecule is CC(C)c1ccc(OCCn2c(-c3ccc(Cl)cc3)nc3ccccc32)cc1. The first-order chi connectivity index (χ1) is 13.6. The number of fused-ring (bicyclic) bond motifs is 1. The van der Waals surface area contributed by atoms with Crippen LogP contribution >= 0.6 is 11.6 Å². The molecule has 0 unspecified atom stereocenters. The summed E-state index contributed by atoms with van der Waals surface area (Å²) >= 11 is 6.05. The number of halogens is 1. The highest BCUT2D eigenvalue weighted by molar-refractivity contribution is 6.30. The Morgan fingerprint density at radius 2 is 1.64 bits per heavy atom. The first-order valence-corrected chi connectivity index (χ1v) is 9.93. The highest BCUT2D eigenvalue weighted by Crippen LogP contribution is 2.26. The third-order valence-corrected chi connectivity index (χ3v) is 5.14. The van der Waals surface area contributed by atoms with Crippen LogP contribution in [0.5, 0.6) is 5.75 Å². The van der Waals surface area contributed by atoms with Crippen LogP contribution in [-0.4, -0.2) is 16.2 Å². The Balaban J connectivity index is 1.57. The molecule has 1 heterocycles. The summed E-state index contributed by atoms with van der Waals surface area (Å²) in [7, 11) is 0. The fraction of sp³-hybridized carbons (Fsp3) is 0.208. The molecule has 4 rings (SSSR count). The van der Waals surface area contributed by atoms with Crippen LogP contribution in [0.25, 0.3) is 22.4 Å². The minimum absolute atomic E-state index is 0.522. The molecule has 142 valence electrons. The van der Waals surface area contributed by atoms with Gasteiger partial charge in [0.2, 0.25) is 0 Å². The molecule has 0 radical (unpaired) electrons. The molecule has 1 aromatic heterocycles. The molecule has 0 saturated carbocycles. The maximum absolute atomic E-state index is 6.05. The van der Waals surface area contributed by atoms with Gasteiger partial charge in [-0.05, 0) is 60.0 Å². The summed E-state index contributed by atoms with van der Waals surface area (Å²) in [5, 5.41) is 0.722. The van der Waals surface area contributed by atoms with Crippen LogP contribution in [0, 0.1) is 0 Å². The Labute approximate surface area is 170 Å². The van der Waals surface area contributed by atoms with Crippen LogP contribution < -0.4 is 4.74 Å². The fourth-order valence-electron chi connectivity index (χ4n) is 3.32. The molecule has 0 aliphatic rings. The summed E-state index contributed by atoms with van der Waals surface area (Å²) in [5.74, 6) is 2.34. The van der Waals surface area contributed by atoms with Crippen molar-refractivity contribution < 1.29 is 4.74 Å². The van der Waals surface area contributed by atoms with Crippen molar-refractivity contribution in [3.05, 3.63) is 83.4 Å². The van der Waals surface area contributed by atoms with E-state index >= 15 is 0 Å². The van der Waals surface area contributed by atoms with Gasteiger partial charge in [-0.2, -0.15) is 0 Å². The lowest BCUT2D eigenvalue weighted by Gasteiger charge is -2.12. The number of aromatic nitrogens is 2. The second-order valence-electron chi connectivity index (χ2n) is 7.15. The smallest absolute Gasteiger partial charge is 0.141 e. The molecule has 0 fully saturated rings. The molecule has 0 aliphatic carbocycles. The van der Waals surface area contributed by atoms with Gasteiger partial charge in [0.1, 0.15) is 18.2 Å². The number of hydrogen-bond donors (Lipinski definition) is 0. The Hall–Kier alpha value is -2.78. The summed E-state index contributed by atoms with van der Waals surface area (Å²) in [6.07, 6.45) is 0. The van der Waals surface area contributed by atoms with Crippen LogP contribution in [0.2, 0.25) is 5.02 Å². The van der Waals surface area contributed by atoms with Crippen molar-refractivity contribution in [2.24, 2.45) is 0 Å². The number of imidazole rings is 1. The molecule has 0 atom stereocenters. The first kappa shape index (κ1) is 18.6. The normalized spacial score (nSPS) is 11.3. The van der Waals surface area contributed by atoms with Gasteiger partial charge < -0.3 is 9.30 Å². The number of ether oxygens (including phenoxy) is 1. The van der Waals surface area contributed by atoms with Crippen molar-refractivity contribution in [1.82, 2.24) is 9.55 Å². The topological polar surface area (TPSA) is 27.1 Å². The summed E-state index contributed by atoms with van der Waals surface area (Å²) in [4.78, 5) is 4.83. The van der Waals surface area contributed by atoms with Gasteiger partial charge in [-0.15, -0.1) is 0 Å². The molecule has 3 nitrogen and oxygen atoms in total. The zero-order valence-corrected chi connectivity index (χ0v) is 16.9. The lowest BCUT2D eigenvalue weighted by atomic mass is 10.0.